The summed E-state index contributed by atoms with van der Waals surface area (Å²) >= 11 is 0. The summed E-state index contributed by atoms with van der Waals surface area (Å²) in [6, 6.07) is 13.9. The van der Waals surface area contributed by atoms with Crippen molar-refractivity contribution in [2.24, 2.45) is 21.7 Å². The number of hydrogen-bond acceptors (Lipinski definition) is 0. The van der Waals surface area contributed by atoms with Gasteiger partial charge >= 0.3 is 0 Å². The van der Waals surface area contributed by atoms with Crippen LogP contribution in [0.3, 0.4) is 0 Å². The third-order valence-electron chi connectivity index (χ3n) is 11.8. The van der Waals surface area contributed by atoms with E-state index in [0.29, 0.717) is 5.41 Å². The van der Waals surface area contributed by atoms with Gasteiger partial charge in [-0.2, -0.15) is 0 Å². The second kappa shape index (κ2) is 10.8. The molecule has 232 valence electrons. The van der Waals surface area contributed by atoms with Crippen LogP contribution >= 0.6 is 0 Å². The van der Waals surface area contributed by atoms with Gasteiger partial charge in [0.15, 0.2) is 0 Å². The maximum atomic E-state index is 4.87. The van der Waals surface area contributed by atoms with Crippen molar-refractivity contribution in [3.05, 3.63) is 124 Å². The lowest BCUT2D eigenvalue weighted by Gasteiger charge is -2.62. The molecule has 2 aromatic rings. The summed E-state index contributed by atoms with van der Waals surface area (Å²) in [5, 5.41) is 0. The van der Waals surface area contributed by atoms with E-state index >= 15 is 0 Å². The summed E-state index contributed by atoms with van der Waals surface area (Å²) in [6.45, 7) is 41.9. The zero-order chi connectivity index (χ0) is 32.6. The molecule has 0 saturated heterocycles. The molecule has 0 spiro atoms. The Balaban J connectivity index is 1.56. The van der Waals surface area contributed by atoms with Gasteiger partial charge in [0.2, 0.25) is 0 Å². The Hall–Kier alpha value is -3.12. The number of allylic oxidation sites excluding steroid dienone is 8. The minimum absolute atomic E-state index is 0.0109. The highest BCUT2D eigenvalue weighted by molar-refractivity contribution is 5.90. The number of aryl methyl sites for hydroxylation is 1. The Bertz CT molecular complexity index is 1660. The van der Waals surface area contributed by atoms with Crippen LogP contribution in [-0.4, -0.2) is 0 Å². The Morgan fingerprint density at radius 3 is 2.11 bits per heavy atom. The van der Waals surface area contributed by atoms with Crippen molar-refractivity contribution < 1.29 is 0 Å². The van der Waals surface area contributed by atoms with E-state index in [-0.39, 0.29) is 16.2 Å². The molecule has 0 heteroatoms. The minimum atomic E-state index is -0.131. The van der Waals surface area contributed by atoms with Gasteiger partial charge in [-0.15, -0.1) is 0 Å². The molecule has 44 heavy (non-hydrogen) atoms. The summed E-state index contributed by atoms with van der Waals surface area (Å²) in [5.41, 5.74) is 19.0. The van der Waals surface area contributed by atoms with Crippen LogP contribution in [0.1, 0.15) is 110 Å². The third-order valence-corrected chi connectivity index (χ3v) is 11.8. The molecular weight excluding hydrogens is 528 g/mol. The first-order chi connectivity index (χ1) is 20.3. The summed E-state index contributed by atoms with van der Waals surface area (Å²) in [7, 11) is 0. The molecule has 0 nitrogen and oxygen atoms in total. The normalized spacial score (nSPS) is 26.8. The SMILES string of the molecule is C=C(CCC(C)(C)C)Cc1ccc(-c2ccc(C)c3c2C[C@]2(C)C[C@]4(C)CC(C)=C(C(=C)C)C(=C)[C@]4(C)C(C)=C2C3=C)cc1. The van der Waals surface area contributed by atoms with E-state index in [1.54, 1.807) is 0 Å². The maximum absolute atomic E-state index is 4.87. The van der Waals surface area contributed by atoms with E-state index in [1.807, 2.05) is 0 Å². The van der Waals surface area contributed by atoms with Crippen molar-refractivity contribution in [1.29, 1.82) is 0 Å². The zero-order valence-corrected chi connectivity index (χ0v) is 29.5. The Kier molecular flexibility index (Phi) is 7.89. The Morgan fingerprint density at radius 2 is 1.52 bits per heavy atom. The number of fused-ring (bicyclic) bond motifs is 3. The van der Waals surface area contributed by atoms with Crippen LogP contribution < -0.4 is 0 Å². The average Bonchev–Trinajstić information content (AvgIpc) is 2.89. The molecule has 0 saturated carbocycles. The quantitative estimate of drug-likeness (QED) is 0.296. The van der Waals surface area contributed by atoms with Crippen molar-refractivity contribution in [2.45, 2.75) is 108 Å². The number of rotatable bonds is 6. The smallest absolute Gasteiger partial charge is 0.0194 e. The van der Waals surface area contributed by atoms with Gasteiger partial charge in [0.05, 0.1) is 0 Å². The minimum Gasteiger partial charge on any atom is -0.0995 e. The van der Waals surface area contributed by atoms with E-state index in [1.165, 1.54) is 78.8 Å². The molecule has 3 aliphatic carbocycles. The molecule has 0 N–H and O–H groups in total. The molecule has 0 aliphatic heterocycles. The predicted octanol–water partition coefficient (Wildman–Crippen LogP) is 12.7. The van der Waals surface area contributed by atoms with Gasteiger partial charge in [0.1, 0.15) is 0 Å². The molecular formula is C44H56. The first kappa shape index (κ1) is 32.3. The molecule has 2 aromatic carbocycles. The summed E-state index contributed by atoms with van der Waals surface area (Å²) < 4.78 is 0. The van der Waals surface area contributed by atoms with Crippen LogP contribution in [0, 0.1) is 28.6 Å². The van der Waals surface area contributed by atoms with Gasteiger partial charge in [0, 0.05) is 5.41 Å². The van der Waals surface area contributed by atoms with Crippen LogP contribution in [0.25, 0.3) is 16.7 Å². The van der Waals surface area contributed by atoms with Crippen molar-refractivity contribution in [2.75, 3.05) is 0 Å². The van der Waals surface area contributed by atoms with Crippen LogP contribution in [0.15, 0.2) is 102 Å². The molecule has 0 heterocycles. The highest BCUT2D eigenvalue weighted by atomic mass is 14.6. The van der Waals surface area contributed by atoms with Gasteiger partial charge in [-0.1, -0.05) is 127 Å². The first-order valence-electron chi connectivity index (χ1n) is 16.7. The van der Waals surface area contributed by atoms with Crippen LogP contribution in [0.4, 0.5) is 0 Å². The van der Waals surface area contributed by atoms with Gasteiger partial charge in [-0.05, 0) is 138 Å². The van der Waals surface area contributed by atoms with E-state index in [4.69, 9.17) is 13.2 Å². The lowest BCUT2D eigenvalue weighted by molar-refractivity contribution is 0.0544. The van der Waals surface area contributed by atoms with Crippen molar-refractivity contribution in [3.63, 3.8) is 0 Å². The highest BCUT2D eigenvalue weighted by Crippen LogP contribution is 2.70. The van der Waals surface area contributed by atoms with Crippen molar-refractivity contribution in [3.8, 4) is 11.1 Å². The molecule has 0 aromatic heterocycles. The molecule has 3 aliphatic rings. The number of benzene rings is 2. The third kappa shape index (κ3) is 5.07. The van der Waals surface area contributed by atoms with E-state index in [9.17, 15) is 0 Å². The van der Waals surface area contributed by atoms with E-state index < -0.39 is 0 Å². The zero-order valence-electron chi connectivity index (χ0n) is 29.5. The molecule has 0 fully saturated rings. The fraction of sp³-hybridized carbons (Fsp3) is 0.455. The second-order valence-corrected chi connectivity index (χ2v) is 16.6. The first-order valence-corrected chi connectivity index (χ1v) is 16.7. The fourth-order valence-corrected chi connectivity index (χ4v) is 9.54. The van der Waals surface area contributed by atoms with Crippen molar-refractivity contribution >= 4 is 5.57 Å². The number of hydrogen-bond donors (Lipinski definition) is 0. The monoisotopic (exact) mass is 584 g/mol. The molecule has 0 amide bonds. The van der Waals surface area contributed by atoms with Crippen LogP contribution in [0.2, 0.25) is 0 Å². The van der Waals surface area contributed by atoms with Gasteiger partial charge in [0.25, 0.3) is 0 Å². The maximum Gasteiger partial charge on any atom is 0.0194 e. The highest BCUT2D eigenvalue weighted by Gasteiger charge is 2.59. The molecule has 0 radical (unpaired) electrons. The average molecular weight is 585 g/mol. The largest absolute Gasteiger partial charge is 0.0995 e. The van der Waals surface area contributed by atoms with E-state index in [0.717, 1.165) is 37.7 Å². The second-order valence-electron chi connectivity index (χ2n) is 16.6. The Morgan fingerprint density at radius 1 is 0.886 bits per heavy atom. The Labute approximate surface area is 269 Å². The van der Waals surface area contributed by atoms with Gasteiger partial charge in [-0.3, -0.25) is 0 Å². The summed E-state index contributed by atoms with van der Waals surface area (Å²) in [6.07, 6.45) is 6.44. The molecule has 5 rings (SSSR count). The molecule has 0 unspecified atom stereocenters. The standard InChI is InChI=1S/C44H56/c1-27(2)38-30(5)24-43(13)26-42(12)25-37-36(35-18-16-34(17-19-35)23-28(3)21-22-41(9,10)11)20-15-29(4)39(37)31(6)40(42)33(8)44(43,14)32(38)7/h15-20H,1,3,6-7,21-26H2,2,4-5,8-14H3/t42-,43+,44-/m1/s1. The lowest BCUT2D eigenvalue weighted by Crippen LogP contribution is -2.52. The molecule has 3 atom stereocenters. The van der Waals surface area contributed by atoms with Crippen molar-refractivity contribution in [1.82, 2.24) is 0 Å². The van der Waals surface area contributed by atoms with Gasteiger partial charge < -0.3 is 0 Å². The summed E-state index contributed by atoms with van der Waals surface area (Å²) in [4.78, 5) is 0. The molecule has 0 bridgehead atoms. The van der Waals surface area contributed by atoms with Gasteiger partial charge in [-0.25, -0.2) is 0 Å². The predicted molar refractivity (Wildman–Crippen MR) is 194 cm³/mol. The fourth-order valence-electron chi connectivity index (χ4n) is 9.54. The lowest BCUT2D eigenvalue weighted by atomic mass is 9.41. The van der Waals surface area contributed by atoms with E-state index in [2.05, 4.69) is 119 Å². The summed E-state index contributed by atoms with van der Waals surface area (Å²) in [5.74, 6) is 0. The van der Waals surface area contributed by atoms with Crippen LogP contribution in [-0.2, 0) is 12.8 Å². The topological polar surface area (TPSA) is 0 Å². The van der Waals surface area contributed by atoms with Crippen LogP contribution in [0.5, 0.6) is 0 Å².